The first-order chi connectivity index (χ1) is 11.8. The molecule has 1 aliphatic heterocycles. The van der Waals surface area contributed by atoms with Gasteiger partial charge in [-0.05, 0) is 32.4 Å². The normalized spacial score (nSPS) is 17.6. The molecule has 0 aromatic rings. The number of aliphatic carboxylic acids is 1. The Hall–Kier alpha value is 0.430. The standard InChI is InChI=1S/C21H41NO2.Na.H/c1-2-3-4-5-6-7-8-9-10-11-12-13-14-15-18-22-19-16-17-20(22)21(23)24;;/h20H,2-19H2,1H3,(H,23,24);;/q;+1;-1. The van der Waals surface area contributed by atoms with Crippen LogP contribution in [0.2, 0.25) is 0 Å². The van der Waals surface area contributed by atoms with E-state index in [1.807, 2.05) is 0 Å². The van der Waals surface area contributed by atoms with Crippen molar-refractivity contribution < 1.29 is 40.9 Å². The second-order valence-corrected chi connectivity index (χ2v) is 7.63. The van der Waals surface area contributed by atoms with E-state index in [0.29, 0.717) is 0 Å². The molecule has 1 N–H and O–H groups in total. The van der Waals surface area contributed by atoms with Crippen LogP contribution in [-0.4, -0.2) is 35.1 Å². The molecule has 3 nitrogen and oxygen atoms in total. The van der Waals surface area contributed by atoms with Crippen LogP contribution in [0.5, 0.6) is 0 Å². The molecule has 1 fully saturated rings. The summed E-state index contributed by atoms with van der Waals surface area (Å²) in [6.45, 7) is 4.24. The molecule has 1 heterocycles. The van der Waals surface area contributed by atoms with Crippen LogP contribution in [0, 0.1) is 0 Å². The molecule has 1 aliphatic rings. The van der Waals surface area contributed by atoms with E-state index < -0.39 is 5.97 Å². The number of carbonyl (C=O) groups is 1. The monoisotopic (exact) mass is 363 g/mol. The third-order valence-electron chi connectivity index (χ3n) is 5.45. The average molecular weight is 364 g/mol. The molecule has 0 radical (unpaired) electrons. The SMILES string of the molecule is CCCCCCCCCCCCCCCCN1CCCC1C(=O)O.[H-].[Na+]. The number of carboxylic acids is 1. The molecule has 4 heteroatoms. The predicted molar refractivity (Wildman–Crippen MR) is 104 cm³/mol. The van der Waals surface area contributed by atoms with Crippen LogP contribution in [0.4, 0.5) is 0 Å². The maximum Gasteiger partial charge on any atom is 1.00 e. The predicted octanol–water partition coefficient (Wildman–Crippen LogP) is 3.13. The van der Waals surface area contributed by atoms with E-state index in [0.717, 1.165) is 25.9 Å². The minimum Gasteiger partial charge on any atom is -1.00 e. The van der Waals surface area contributed by atoms with Crippen molar-refractivity contribution in [1.82, 2.24) is 4.90 Å². The van der Waals surface area contributed by atoms with Crippen molar-refractivity contribution >= 4 is 5.97 Å². The summed E-state index contributed by atoms with van der Waals surface area (Å²) in [6, 6.07) is -0.202. The molecule has 25 heavy (non-hydrogen) atoms. The second-order valence-electron chi connectivity index (χ2n) is 7.63. The van der Waals surface area contributed by atoms with Gasteiger partial charge in [-0.25, -0.2) is 0 Å². The van der Waals surface area contributed by atoms with Gasteiger partial charge in [-0.1, -0.05) is 90.4 Å². The first-order valence-corrected chi connectivity index (χ1v) is 10.7. The quantitative estimate of drug-likeness (QED) is 0.338. The summed E-state index contributed by atoms with van der Waals surface area (Å²) in [7, 11) is 0. The van der Waals surface area contributed by atoms with Crippen molar-refractivity contribution in [3.63, 3.8) is 0 Å². The van der Waals surface area contributed by atoms with E-state index in [1.54, 1.807) is 0 Å². The zero-order valence-electron chi connectivity index (χ0n) is 18.1. The van der Waals surface area contributed by atoms with Crippen LogP contribution >= 0.6 is 0 Å². The Kier molecular flexibility index (Phi) is 18.1. The number of nitrogens with zero attached hydrogens (tertiary/aromatic N) is 1. The molecule has 0 aromatic carbocycles. The van der Waals surface area contributed by atoms with Crippen molar-refractivity contribution in [2.75, 3.05) is 13.1 Å². The van der Waals surface area contributed by atoms with E-state index in [4.69, 9.17) is 5.11 Å². The maximum atomic E-state index is 11.1. The van der Waals surface area contributed by atoms with Crippen molar-refractivity contribution in [2.45, 2.75) is 116 Å². The van der Waals surface area contributed by atoms with Gasteiger partial charge < -0.3 is 6.53 Å². The third kappa shape index (κ3) is 13.3. The summed E-state index contributed by atoms with van der Waals surface area (Å²) in [4.78, 5) is 13.3. The number of rotatable bonds is 16. The molecule has 0 spiro atoms. The summed E-state index contributed by atoms with van der Waals surface area (Å²) in [5.41, 5.74) is 0. The van der Waals surface area contributed by atoms with Gasteiger partial charge in [0, 0.05) is 0 Å². The van der Waals surface area contributed by atoms with Gasteiger partial charge >= 0.3 is 35.5 Å². The van der Waals surface area contributed by atoms with Crippen molar-refractivity contribution in [3.05, 3.63) is 0 Å². The van der Waals surface area contributed by atoms with Crippen LogP contribution in [0.25, 0.3) is 0 Å². The summed E-state index contributed by atoms with van der Waals surface area (Å²) >= 11 is 0. The van der Waals surface area contributed by atoms with Gasteiger partial charge in [0.05, 0.1) is 0 Å². The Balaban J connectivity index is 0. The van der Waals surface area contributed by atoms with Crippen LogP contribution in [0.3, 0.4) is 0 Å². The van der Waals surface area contributed by atoms with E-state index in [-0.39, 0.29) is 37.0 Å². The fraction of sp³-hybridized carbons (Fsp3) is 0.952. The number of likely N-dealkylation sites (tertiary alicyclic amines) is 1. The molecule has 0 aromatic heterocycles. The molecule has 0 amide bonds. The van der Waals surface area contributed by atoms with Gasteiger partial charge in [0.1, 0.15) is 6.04 Å². The Labute approximate surface area is 180 Å². The summed E-state index contributed by atoms with van der Waals surface area (Å²) in [5, 5.41) is 9.16. The van der Waals surface area contributed by atoms with Crippen molar-refractivity contribution in [3.8, 4) is 0 Å². The number of hydrogen-bond donors (Lipinski definition) is 1. The average Bonchev–Trinajstić information content (AvgIpc) is 3.04. The molecule has 0 saturated carbocycles. The molecule has 144 valence electrons. The topological polar surface area (TPSA) is 40.5 Å². The number of unbranched alkanes of at least 4 members (excludes halogenated alkanes) is 13. The van der Waals surface area contributed by atoms with E-state index in [1.165, 1.54) is 89.9 Å². The first-order valence-electron chi connectivity index (χ1n) is 10.7. The zero-order valence-corrected chi connectivity index (χ0v) is 19.1. The van der Waals surface area contributed by atoms with Gasteiger partial charge in [0.15, 0.2) is 0 Å². The van der Waals surface area contributed by atoms with E-state index in [9.17, 15) is 4.79 Å². The van der Waals surface area contributed by atoms with E-state index in [2.05, 4.69) is 11.8 Å². The zero-order chi connectivity index (χ0) is 17.5. The van der Waals surface area contributed by atoms with Gasteiger partial charge in [-0.2, -0.15) is 0 Å². The van der Waals surface area contributed by atoms with Gasteiger partial charge in [-0.3, -0.25) is 9.69 Å². The molecule has 1 atom stereocenters. The molecule has 0 bridgehead atoms. The molecular weight excluding hydrogens is 321 g/mol. The van der Waals surface area contributed by atoms with Crippen LogP contribution in [-0.2, 0) is 4.79 Å². The Morgan fingerprint density at radius 2 is 1.32 bits per heavy atom. The fourth-order valence-electron chi connectivity index (χ4n) is 3.88. The van der Waals surface area contributed by atoms with Crippen molar-refractivity contribution in [1.29, 1.82) is 0 Å². The first kappa shape index (κ1) is 25.4. The molecule has 1 saturated heterocycles. The Morgan fingerprint density at radius 1 is 0.880 bits per heavy atom. The molecular formula is C21H42NNaO2. The maximum absolute atomic E-state index is 11.1. The third-order valence-corrected chi connectivity index (χ3v) is 5.45. The van der Waals surface area contributed by atoms with Crippen LogP contribution in [0.1, 0.15) is 111 Å². The van der Waals surface area contributed by atoms with Gasteiger partial charge in [0.25, 0.3) is 0 Å². The molecule has 0 aliphatic carbocycles. The van der Waals surface area contributed by atoms with Crippen LogP contribution in [0.15, 0.2) is 0 Å². The van der Waals surface area contributed by atoms with Crippen molar-refractivity contribution in [2.24, 2.45) is 0 Å². The Morgan fingerprint density at radius 3 is 1.76 bits per heavy atom. The second kappa shape index (κ2) is 17.8. The minimum atomic E-state index is -0.627. The van der Waals surface area contributed by atoms with Gasteiger partial charge in [-0.15, -0.1) is 0 Å². The Bertz CT molecular complexity index is 318. The molecule has 1 unspecified atom stereocenters. The smallest absolute Gasteiger partial charge is 1.00 e. The minimum absolute atomic E-state index is 0. The number of carboxylic acid groups (broad SMARTS) is 1. The van der Waals surface area contributed by atoms with Crippen LogP contribution < -0.4 is 29.6 Å². The summed E-state index contributed by atoms with van der Waals surface area (Å²) in [6.07, 6.45) is 21.1. The largest absolute Gasteiger partial charge is 1.00 e. The summed E-state index contributed by atoms with van der Waals surface area (Å²) in [5.74, 6) is -0.627. The van der Waals surface area contributed by atoms with Gasteiger partial charge in [0.2, 0.25) is 0 Å². The summed E-state index contributed by atoms with van der Waals surface area (Å²) < 4.78 is 0. The number of hydrogen-bond acceptors (Lipinski definition) is 2. The molecule has 1 rings (SSSR count). The van der Waals surface area contributed by atoms with E-state index >= 15 is 0 Å². The fourth-order valence-corrected chi connectivity index (χ4v) is 3.88.